The number of nitrogens with one attached hydrogen (secondary N) is 1. The molecule has 1 atom stereocenters. The minimum absolute atomic E-state index is 0.182. The van der Waals surface area contributed by atoms with E-state index in [9.17, 15) is 19.8 Å². The fourth-order valence-corrected chi connectivity index (χ4v) is 2.18. The molecule has 2 rings (SSSR count). The van der Waals surface area contributed by atoms with Crippen LogP contribution in [0.4, 0.5) is 0 Å². The third kappa shape index (κ3) is 4.03. The Labute approximate surface area is 132 Å². The molecular formula is C16H17NO6. The van der Waals surface area contributed by atoms with Crippen molar-refractivity contribution in [3.63, 3.8) is 0 Å². The number of hydrogen-bond donors (Lipinski definition) is 3. The Morgan fingerprint density at radius 2 is 1.87 bits per heavy atom. The Morgan fingerprint density at radius 3 is 2.43 bits per heavy atom. The molecule has 0 aliphatic heterocycles. The predicted octanol–water partition coefficient (Wildman–Crippen LogP) is 1.63. The molecule has 23 heavy (non-hydrogen) atoms. The minimum atomic E-state index is -0.941. The summed E-state index contributed by atoms with van der Waals surface area (Å²) in [6.07, 6.45) is 0. The number of hydrogen-bond acceptors (Lipinski definition) is 6. The Kier molecular flexibility index (Phi) is 4.90. The molecule has 0 saturated carbocycles. The van der Waals surface area contributed by atoms with E-state index < -0.39 is 11.9 Å². The Balaban J connectivity index is 2.35. The zero-order chi connectivity index (χ0) is 17.0. The van der Waals surface area contributed by atoms with Crippen LogP contribution in [-0.2, 0) is 20.9 Å². The summed E-state index contributed by atoms with van der Waals surface area (Å²) < 4.78 is 10.4. The number of furan rings is 1. The normalized spacial score (nSPS) is 11.7. The van der Waals surface area contributed by atoms with Crippen molar-refractivity contribution < 1.29 is 29.0 Å². The van der Waals surface area contributed by atoms with Gasteiger partial charge in [-0.25, -0.2) is 0 Å². The van der Waals surface area contributed by atoms with Gasteiger partial charge in [-0.15, -0.1) is 0 Å². The van der Waals surface area contributed by atoms with Gasteiger partial charge >= 0.3 is 5.97 Å². The summed E-state index contributed by atoms with van der Waals surface area (Å²) >= 11 is 0. The first kappa shape index (κ1) is 16.4. The smallest absolute Gasteiger partial charge is 0.320 e. The molecule has 7 nitrogen and oxygen atoms in total. The first-order valence-electron chi connectivity index (χ1n) is 6.84. The molecule has 1 amide bonds. The number of benzene rings is 1. The molecule has 3 N–H and O–H groups in total. The van der Waals surface area contributed by atoms with Crippen molar-refractivity contribution in [3.8, 4) is 11.5 Å². The average Bonchev–Trinajstić information content (AvgIpc) is 2.92. The van der Waals surface area contributed by atoms with E-state index in [-0.39, 0.29) is 29.7 Å². The van der Waals surface area contributed by atoms with Gasteiger partial charge in [-0.3, -0.25) is 9.59 Å². The number of phenolic OH excluding ortho intramolecular Hbond substituents is 2. The van der Waals surface area contributed by atoms with Crippen LogP contribution in [0.2, 0.25) is 0 Å². The molecule has 2 aromatic rings. The fraction of sp³-hybridized carbons (Fsp3) is 0.250. The lowest BCUT2D eigenvalue weighted by molar-refractivity contribution is -0.141. The summed E-state index contributed by atoms with van der Waals surface area (Å²) in [6.45, 7) is 1.57. The third-order valence-electron chi connectivity index (χ3n) is 3.17. The topological polar surface area (TPSA) is 109 Å². The minimum Gasteiger partial charge on any atom is -0.508 e. The van der Waals surface area contributed by atoms with Crippen molar-refractivity contribution in [2.75, 3.05) is 7.11 Å². The number of carbonyl (C=O) groups is 2. The molecule has 1 aromatic heterocycles. The lowest BCUT2D eigenvalue weighted by Gasteiger charge is -2.13. The summed E-state index contributed by atoms with van der Waals surface area (Å²) in [6, 6.07) is 7.06. The van der Waals surface area contributed by atoms with Crippen LogP contribution in [-0.4, -0.2) is 29.2 Å². The molecule has 0 fully saturated rings. The first-order chi connectivity index (χ1) is 10.9. The fourth-order valence-electron chi connectivity index (χ4n) is 2.18. The number of rotatable bonds is 5. The Hall–Kier alpha value is -2.96. The summed E-state index contributed by atoms with van der Waals surface area (Å²) in [5, 5.41) is 21.8. The number of ether oxygens (including phenoxy) is 1. The molecule has 0 bridgehead atoms. The number of carbonyl (C=O) groups excluding carboxylic acids is 2. The van der Waals surface area contributed by atoms with E-state index in [0.29, 0.717) is 11.3 Å². The lowest BCUT2D eigenvalue weighted by atomic mass is 9.96. The maximum Gasteiger partial charge on any atom is 0.320 e. The monoisotopic (exact) mass is 319 g/mol. The van der Waals surface area contributed by atoms with Crippen molar-refractivity contribution in [2.45, 2.75) is 19.4 Å². The van der Waals surface area contributed by atoms with Gasteiger partial charge in [0.05, 0.1) is 13.7 Å². The molecule has 0 radical (unpaired) electrons. The van der Waals surface area contributed by atoms with Crippen LogP contribution in [0, 0.1) is 0 Å². The van der Waals surface area contributed by atoms with Gasteiger partial charge in [0, 0.05) is 13.0 Å². The second kappa shape index (κ2) is 6.87. The van der Waals surface area contributed by atoms with Crippen LogP contribution in [0.1, 0.15) is 29.9 Å². The highest BCUT2D eigenvalue weighted by Crippen LogP contribution is 2.32. The van der Waals surface area contributed by atoms with Crippen LogP contribution >= 0.6 is 0 Å². The summed E-state index contributed by atoms with van der Waals surface area (Å²) in [5.41, 5.74) is 0.328. The first-order valence-corrected chi connectivity index (χ1v) is 6.84. The van der Waals surface area contributed by atoms with Crippen molar-refractivity contribution in [3.05, 3.63) is 47.4 Å². The molecule has 0 aliphatic rings. The zero-order valence-electron chi connectivity index (χ0n) is 12.7. The Morgan fingerprint density at radius 1 is 1.22 bits per heavy atom. The van der Waals surface area contributed by atoms with E-state index in [1.165, 1.54) is 26.2 Å². The van der Waals surface area contributed by atoms with Crippen LogP contribution < -0.4 is 5.32 Å². The highest BCUT2D eigenvalue weighted by atomic mass is 16.5. The molecule has 7 heteroatoms. The second-order valence-corrected chi connectivity index (χ2v) is 4.95. The molecular weight excluding hydrogens is 302 g/mol. The molecule has 0 saturated heterocycles. The van der Waals surface area contributed by atoms with Crippen molar-refractivity contribution in [2.24, 2.45) is 0 Å². The standard InChI is InChI=1S/C16H17NO6/c1-9(18)17-8-13-3-4-14(23-13)15(16(21)22-2)10-5-11(19)7-12(20)6-10/h3-7,15,19-20H,8H2,1-2H3,(H,17,18). The summed E-state index contributed by atoms with van der Waals surface area (Å²) in [5.74, 6) is -1.36. The summed E-state index contributed by atoms with van der Waals surface area (Å²) in [4.78, 5) is 23.0. The molecule has 122 valence electrons. The van der Waals surface area contributed by atoms with Crippen LogP contribution in [0.3, 0.4) is 0 Å². The van der Waals surface area contributed by atoms with Gasteiger partial charge in [-0.1, -0.05) is 0 Å². The van der Waals surface area contributed by atoms with Gasteiger partial charge in [0.1, 0.15) is 28.9 Å². The summed E-state index contributed by atoms with van der Waals surface area (Å²) in [7, 11) is 1.24. The largest absolute Gasteiger partial charge is 0.508 e. The van der Waals surface area contributed by atoms with Gasteiger partial charge in [0.2, 0.25) is 5.91 Å². The molecule has 1 aromatic carbocycles. The number of aromatic hydroxyl groups is 2. The predicted molar refractivity (Wildman–Crippen MR) is 79.9 cm³/mol. The number of esters is 1. The molecule has 1 unspecified atom stereocenters. The third-order valence-corrected chi connectivity index (χ3v) is 3.17. The number of methoxy groups -OCH3 is 1. The average molecular weight is 319 g/mol. The van der Waals surface area contributed by atoms with Crippen molar-refractivity contribution in [1.29, 1.82) is 0 Å². The van der Waals surface area contributed by atoms with Crippen molar-refractivity contribution >= 4 is 11.9 Å². The van der Waals surface area contributed by atoms with Crippen LogP contribution in [0.5, 0.6) is 11.5 Å². The maximum atomic E-state index is 12.1. The molecule has 1 heterocycles. The number of amides is 1. The quantitative estimate of drug-likeness (QED) is 0.723. The van der Waals surface area contributed by atoms with E-state index in [0.717, 1.165) is 6.07 Å². The molecule has 0 spiro atoms. The number of phenols is 2. The van der Waals surface area contributed by atoms with Gasteiger partial charge in [0.25, 0.3) is 0 Å². The van der Waals surface area contributed by atoms with E-state index in [2.05, 4.69) is 5.32 Å². The van der Waals surface area contributed by atoms with E-state index >= 15 is 0 Å². The molecule has 0 aliphatic carbocycles. The second-order valence-electron chi connectivity index (χ2n) is 4.95. The van der Waals surface area contributed by atoms with E-state index in [4.69, 9.17) is 9.15 Å². The van der Waals surface area contributed by atoms with Gasteiger partial charge in [-0.05, 0) is 29.8 Å². The Bertz CT molecular complexity index is 701. The SMILES string of the molecule is COC(=O)C(c1cc(O)cc(O)c1)c1ccc(CNC(C)=O)o1. The van der Waals surface area contributed by atoms with E-state index in [1.807, 2.05) is 0 Å². The van der Waals surface area contributed by atoms with Crippen LogP contribution in [0.25, 0.3) is 0 Å². The van der Waals surface area contributed by atoms with E-state index in [1.54, 1.807) is 12.1 Å². The van der Waals surface area contributed by atoms with Gasteiger partial charge < -0.3 is 24.7 Å². The highest BCUT2D eigenvalue weighted by Gasteiger charge is 2.28. The highest BCUT2D eigenvalue weighted by molar-refractivity contribution is 5.81. The maximum absolute atomic E-state index is 12.1. The van der Waals surface area contributed by atoms with Gasteiger partial charge in [-0.2, -0.15) is 0 Å². The zero-order valence-corrected chi connectivity index (χ0v) is 12.7. The van der Waals surface area contributed by atoms with Crippen molar-refractivity contribution in [1.82, 2.24) is 5.32 Å². The lowest BCUT2D eigenvalue weighted by Crippen LogP contribution is -2.18. The van der Waals surface area contributed by atoms with Crippen LogP contribution in [0.15, 0.2) is 34.7 Å². The van der Waals surface area contributed by atoms with Gasteiger partial charge in [0.15, 0.2) is 0 Å².